The van der Waals surface area contributed by atoms with E-state index in [0.29, 0.717) is 18.5 Å². The van der Waals surface area contributed by atoms with Crippen molar-refractivity contribution in [2.75, 3.05) is 19.6 Å². The van der Waals surface area contributed by atoms with Gasteiger partial charge in [0.25, 0.3) is 0 Å². The Morgan fingerprint density at radius 3 is 2.70 bits per heavy atom. The van der Waals surface area contributed by atoms with Crippen molar-refractivity contribution in [3.63, 3.8) is 0 Å². The highest BCUT2D eigenvalue weighted by molar-refractivity contribution is 14.0. The number of nitrogens with one attached hydrogen (secondary N) is 2. The van der Waals surface area contributed by atoms with Crippen molar-refractivity contribution >= 4 is 41.3 Å². The van der Waals surface area contributed by atoms with Gasteiger partial charge in [0.2, 0.25) is 0 Å². The van der Waals surface area contributed by atoms with Crippen LogP contribution in [0.25, 0.3) is 0 Å². The Morgan fingerprint density at radius 1 is 1.30 bits per heavy atom. The Balaban J connectivity index is 0.00000320. The lowest BCUT2D eigenvalue weighted by Crippen LogP contribution is -2.48. The fraction of sp³-hybridized carbons (Fsp3) is 0.565. The summed E-state index contributed by atoms with van der Waals surface area (Å²) < 4.78 is 0. The standard InChI is InChI=1S/C23H35N5S.HI/c1-5-24-23(25-14-21-16-29-22(26-21)17(2)3)27-20-9-11-28(12-10-20)15-19-8-6-7-18(4)13-19;/h6-8,13,16-17,20H,5,9-12,14-15H2,1-4H3,(H2,24,25,27);1H. The fourth-order valence-corrected chi connectivity index (χ4v) is 4.46. The molecule has 5 nitrogen and oxygen atoms in total. The zero-order valence-corrected chi connectivity index (χ0v) is 21.8. The van der Waals surface area contributed by atoms with E-state index in [-0.39, 0.29) is 24.0 Å². The van der Waals surface area contributed by atoms with Crippen molar-refractivity contribution in [2.24, 2.45) is 4.99 Å². The second-order valence-electron chi connectivity index (χ2n) is 8.21. The monoisotopic (exact) mass is 541 g/mol. The van der Waals surface area contributed by atoms with Crippen LogP contribution < -0.4 is 10.6 Å². The maximum Gasteiger partial charge on any atom is 0.191 e. The molecular weight excluding hydrogens is 505 g/mol. The summed E-state index contributed by atoms with van der Waals surface area (Å²) in [5, 5.41) is 10.3. The van der Waals surface area contributed by atoms with E-state index in [1.807, 2.05) is 0 Å². The maximum atomic E-state index is 4.77. The second-order valence-corrected chi connectivity index (χ2v) is 9.10. The molecule has 166 valence electrons. The zero-order chi connectivity index (χ0) is 20.6. The number of piperidine rings is 1. The van der Waals surface area contributed by atoms with Crippen molar-refractivity contribution in [3.05, 3.63) is 51.5 Å². The van der Waals surface area contributed by atoms with Crippen LogP contribution in [0.4, 0.5) is 0 Å². The van der Waals surface area contributed by atoms with E-state index in [4.69, 9.17) is 9.98 Å². The molecule has 0 amide bonds. The van der Waals surface area contributed by atoms with Crippen LogP contribution in [0, 0.1) is 6.92 Å². The molecule has 30 heavy (non-hydrogen) atoms. The molecule has 0 saturated carbocycles. The number of nitrogens with zero attached hydrogens (tertiary/aromatic N) is 3. The SMILES string of the molecule is CCNC(=NCc1csc(C(C)C)n1)NC1CCN(Cc2cccc(C)c2)CC1.I. The quantitative estimate of drug-likeness (QED) is 0.297. The normalized spacial score (nSPS) is 15.8. The molecule has 1 aromatic heterocycles. The minimum Gasteiger partial charge on any atom is -0.357 e. The van der Waals surface area contributed by atoms with E-state index >= 15 is 0 Å². The average Bonchev–Trinajstić information content (AvgIpc) is 3.17. The van der Waals surface area contributed by atoms with Crippen LogP contribution >= 0.6 is 35.3 Å². The number of hydrogen-bond donors (Lipinski definition) is 2. The Kier molecular flexibility index (Phi) is 10.5. The number of halogens is 1. The van der Waals surface area contributed by atoms with Gasteiger partial charge in [0.1, 0.15) is 0 Å². The fourth-order valence-electron chi connectivity index (χ4n) is 3.64. The topological polar surface area (TPSA) is 52.6 Å². The first-order chi connectivity index (χ1) is 14.0. The summed E-state index contributed by atoms with van der Waals surface area (Å²) in [5.41, 5.74) is 3.81. The predicted octanol–water partition coefficient (Wildman–Crippen LogP) is 4.91. The zero-order valence-electron chi connectivity index (χ0n) is 18.6. The number of aliphatic imine (C=N–C) groups is 1. The molecular formula is C23H36IN5S. The molecule has 0 unspecified atom stereocenters. The van der Waals surface area contributed by atoms with Crippen molar-refractivity contribution in [2.45, 2.75) is 65.6 Å². The maximum absolute atomic E-state index is 4.77. The first-order valence-electron chi connectivity index (χ1n) is 10.8. The Bertz CT molecular complexity index is 796. The number of likely N-dealkylation sites (tertiary alicyclic amines) is 1. The highest BCUT2D eigenvalue weighted by Crippen LogP contribution is 2.19. The van der Waals surface area contributed by atoms with Gasteiger partial charge in [0.15, 0.2) is 5.96 Å². The van der Waals surface area contributed by atoms with Crippen LogP contribution in [0.5, 0.6) is 0 Å². The Hall–Kier alpha value is -1.19. The van der Waals surface area contributed by atoms with Gasteiger partial charge in [-0.15, -0.1) is 35.3 Å². The highest BCUT2D eigenvalue weighted by atomic mass is 127. The third kappa shape index (κ3) is 7.81. The molecule has 1 saturated heterocycles. The molecule has 0 radical (unpaired) electrons. The Labute approximate surface area is 202 Å². The van der Waals surface area contributed by atoms with Gasteiger partial charge in [0.05, 0.1) is 17.2 Å². The number of guanidine groups is 1. The molecule has 2 N–H and O–H groups in total. The van der Waals surface area contributed by atoms with Gasteiger partial charge in [0, 0.05) is 43.5 Å². The molecule has 0 atom stereocenters. The molecule has 7 heteroatoms. The molecule has 1 aliphatic heterocycles. The largest absolute Gasteiger partial charge is 0.357 e. The minimum atomic E-state index is 0. The van der Waals surface area contributed by atoms with E-state index in [1.54, 1.807) is 11.3 Å². The lowest BCUT2D eigenvalue weighted by molar-refractivity contribution is 0.198. The molecule has 2 aromatic rings. The van der Waals surface area contributed by atoms with Gasteiger partial charge < -0.3 is 10.6 Å². The summed E-state index contributed by atoms with van der Waals surface area (Å²) in [6.45, 7) is 13.4. The first kappa shape index (κ1) is 25.1. The van der Waals surface area contributed by atoms with Gasteiger partial charge >= 0.3 is 0 Å². The molecule has 1 aliphatic rings. The van der Waals surface area contributed by atoms with Crippen LogP contribution in [-0.2, 0) is 13.1 Å². The number of hydrogen-bond acceptors (Lipinski definition) is 4. The molecule has 1 aromatic carbocycles. The molecule has 2 heterocycles. The smallest absolute Gasteiger partial charge is 0.191 e. The summed E-state index contributed by atoms with van der Waals surface area (Å²) in [5.74, 6) is 1.39. The summed E-state index contributed by atoms with van der Waals surface area (Å²) >= 11 is 1.73. The number of aromatic nitrogens is 1. The number of aryl methyl sites for hydroxylation is 1. The molecule has 0 aliphatic carbocycles. The third-order valence-corrected chi connectivity index (χ3v) is 6.42. The minimum absolute atomic E-state index is 0. The van der Waals surface area contributed by atoms with Gasteiger partial charge in [-0.1, -0.05) is 43.7 Å². The first-order valence-corrected chi connectivity index (χ1v) is 11.7. The summed E-state index contributed by atoms with van der Waals surface area (Å²) in [6.07, 6.45) is 2.29. The second kappa shape index (κ2) is 12.6. The van der Waals surface area contributed by atoms with Gasteiger partial charge in [-0.25, -0.2) is 9.98 Å². The van der Waals surface area contributed by atoms with E-state index < -0.39 is 0 Å². The molecule has 0 bridgehead atoms. The highest BCUT2D eigenvalue weighted by Gasteiger charge is 2.20. The van der Waals surface area contributed by atoms with E-state index in [0.717, 1.165) is 50.7 Å². The lowest BCUT2D eigenvalue weighted by Gasteiger charge is -2.33. The van der Waals surface area contributed by atoms with Crippen LogP contribution in [0.2, 0.25) is 0 Å². The van der Waals surface area contributed by atoms with Gasteiger partial charge in [-0.3, -0.25) is 4.90 Å². The molecule has 1 fully saturated rings. The summed E-state index contributed by atoms with van der Waals surface area (Å²) in [6, 6.07) is 9.32. The van der Waals surface area contributed by atoms with Crippen LogP contribution in [0.3, 0.4) is 0 Å². The third-order valence-electron chi connectivity index (χ3n) is 5.22. The van der Waals surface area contributed by atoms with Crippen LogP contribution in [0.15, 0.2) is 34.6 Å². The van der Waals surface area contributed by atoms with Crippen LogP contribution in [-0.4, -0.2) is 41.5 Å². The Morgan fingerprint density at radius 2 is 2.07 bits per heavy atom. The van der Waals surface area contributed by atoms with Crippen molar-refractivity contribution in [1.82, 2.24) is 20.5 Å². The molecule has 0 spiro atoms. The van der Waals surface area contributed by atoms with Crippen molar-refractivity contribution in [1.29, 1.82) is 0 Å². The van der Waals surface area contributed by atoms with Crippen LogP contribution in [0.1, 0.15) is 61.4 Å². The van der Waals surface area contributed by atoms with Crippen molar-refractivity contribution in [3.8, 4) is 0 Å². The van der Waals surface area contributed by atoms with Gasteiger partial charge in [-0.05, 0) is 32.3 Å². The molecule has 3 rings (SSSR count). The number of benzene rings is 1. The summed E-state index contributed by atoms with van der Waals surface area (Å²) in [4.78, 5) is 12.0. The van der Waals surface area contributed by atoms with E-state index in [9.17, 15) is 0 Å². The lowest BCUT2D eigenvalue weighted by atomic mass is 10.0. The predicted molar refractivity (Wildman–Crippen MR) is 139 cm³/mol. The number of rotatable bonds is 7. The summed E-state index contributed by atoms with van der Waals surface area (Å²) in [7, 11) is 0. The number of thiazole rings is 1. The van der Waals surface area contributed by atoms with E-state index in [2.05, 4.69) is 72.9 Å². The van der Waals surface area contributed by atoms with Crippen molar-refractivity contribution < 1.29 is 0 Å². The van der Waals surface area contributed by atoms with E-state index in [1.165, 1.54) is 16.1 Å². The van der Waals surface area contributed by atoms with Gasteiger partial charge in [-0.2, -0.15) is 0 Å². The average molecular weight is 542 g/mol.